The van der Waals surface area contributed by atoms with Crippen LogP contribution in [0.4, 0.5) is 19.1 Å². The molecule has 1 fully saturated rings. The molecule has 40 heavy (non-hydrogen) atoms. The number of benzene rings is 1. The molecule has 2 N–H and O–H groups in total. The van der Waals surface area contributed by atoms with Gasteiger partial charge in [-0.25, -0.2) is 28.1 Å². The van der Waals surface area contributed by atoms with Crippen LogP contribution < -0.4 is 5.32 Å². The zero-order valence-electron chi connectivity index (χ0n) is 23.9. The largest absolute Gasteiger partial charge is 0.405 e. The second-order valence-corrected chi connectivity index (χ2v) is 17.3. The van der Waals surface area contributed by atoms with E-state index >= 15 is 4.39 Å². The number of ether oxygens (including phenoxy) is 1. The molecule has 0 saturated carbocycles. The van der Waals surface area contributed by atoms with Crippen LogP contribution in [0.3, 0.4) is 0 Å². The van der Waals surface area contributed by atoms with Crippen molar-refractivity contribution < 1.29 is 27.4 Å². The van der Waals surface area contributed by atoms with Crippen LogP contribution in [0, 0.1) is 5.82 Å². The number of alkyl halides is 2. The molecule has 1 aliphatic rings. The van der Waals surface area contributed by atoms with Gasteiger partial charge in [-0.05, 0) is 50.5 Å². The van der Waals surface area contributed by atoms with Crippen LogP contribution in [0.2, 0.25) is 23.2 Å². The standard InChI is InChI=1S/C27H37ClF3N5O3Si/c1-26(2,3)40(6,7)39-27(4,5)24-34-23-17(29)10-15(11-19(23)36(24)13-21(30)31)22-16(28)12-32-25(35-22)33-18-8-9-38-14-20(18)37/h10-12,18,20-21,37H,8-9,13-14H2,1-7H3,(H,32,33,35)/t18-,20-/m1/s1. The van der Waals surface area contributed by atoms with E-state index in [1.165, 1.54) is 16.8 Å². The van der Waals surface area contributed by atoms with E-state index in [1.807, 2.05) is 0 Å². The molecular weight excluding hydrogens is 563 g/mol. The van der Waals surface area contributed by atoms with E-state index in [1.54, 1.807) is 19.9 Å². The molecule has 2 atom stereocenters. The Morgan fingerprint density at radius 1 is 1.23 bits per heavy atom. The topological polar surface area (TPSA) is 94.3 Å². The van der Waals surface area contributed by atoms with Gasteiger partial charge in [-0.15, -0.1) is 0 Å². The van der Waals surface area contributed by atoms with Crippen molar-refractivity contribution in [2.24, 2.45) is 0 Å². The first-order valence-corrected chi connectivity index (χ1v) is 16.5. The SMILES string of the molecule is CC(C)(O[Si](C)(C)C(C)(C)C)c1nc2c(F)cc(-c3nc(N[C@@H]4CCOC[C@H]4O)ncc3Cl)cc2n1CC(F)F. The number of imidazole rings is 1. The van der Waals surface area contributed by atoms with Gasteiger partial charge < -0.3 is 24.2 Å². The van der Waals surface area contributed by atoms with E-state index in [4.69, 9.17) is 20.8 Å². The summed E-state index contributed by atoms with van der Waals surface area (Å²) in [6.45, 7) is 13.9. The maximum absolute atomic E-state index is 15.6. The quantitative estimate of drug-likeness (QED) is 0.291. The van der Waals surface area contributed by atoms with Crippen LogP contribution in [-0.4, -0.2) is 64.7 Å². The highest BCUT2D eigenvalue weighted by atomic mass is 35.5. The number of hydrogen-bond donors (Lipinski definition) is 2. The van der Waals surface area contributed by atoms with Gasteiger partial charge in [0.25, 0.3) is 6.43 Å². The first-order chi connectivity index (χ1) is 18.5. The molecule has 0 radical (unpaired) electrons. The average molecular weight is 600 g/mol. The molecule has 3 heterocycles. The van der Waals surface area contributed by atoms with E-state index in [9.17, 15) is 13.9 Å². The molecule has 0 unspecified atom stereocenters. The lowest BCUT2D eigenvalue weighted by atomic mass is 10.1. The molecule has 4 rings (SSSR count). The molecule has 2 aromatic heterocycles. The van der Waals surface area contributed by atoms with Gasteiger partial charge in [-0.1, -0.05) is 32.4 Å². The zero-order valence-corrected chi connectivity index (χ0v) is 25.6. The number of nitrogens with zero attached hydrogens (tertiary/aromatic N) is 4. The lowest BCUT2D eigenvalue weighted by Crippen LogP contribution is -2.47. The molecule has 8 nitrogen and oxygen atoms in total. The van der Waals surface area contributed by atoms with Crippen molar-refractivity contribution in [3.05, 3.63) is 35.0 Å². The molecule has 13 heteroatoms. The monoisotopic (exact) mass is 599 g/mol. The molecule has 1 aliphatic heterocycles. The van der Waals surface area contributed by atoms with E-state index in [2.05, 4.69) is 54.1 Å². The number of rotatable bonds is 8. The number of nitrogens with one attached hydrogen (secondary N) is 1. The molecule has 0 aliphatic carbocycles. The predicted octanol–water partition coefficient (Wildman–Crippen LogP) is 6.37. The first-order valence-electron chi connectivity index (χ1n) is 13.2. The minimum atomic E-state index is -2.71. The molecule has 1 aromatic carbocycles. The molecule has 0 spiro atoms. The number of aliphatic hydroxyl groups excluding tert-OH is 1. The maximum Gasteiger partial charge on any atom is 0.256 e. The smallest absolute Gasteiger partial charge is 0.256 e. The lowest BCUT2D eigenvalue weighted by Gasteiger charge is -2.42. The predicted molar refractivity (Wildman–Crippen MR) is 152 cm³/mol. The summed E-state index contributed by atoms with van der Waals surface area (Å²) in [6.07, 6.45) is -1.54. The first kappa shape index (κ1) is 30.7. The van der Waals surface area contributed by atoms with Gasteiger partial charge in [0.1, 0.15) is 16.9 Å². The fourth-order valence-corrected chi connectivity index (χ4v) is 6.51. The van der Waals surface area contributed by atoms with Crippen molar-refractivity contribution in [2.45, 2.75) is 89.9 Å². The third-order valence-electron chi connectivity index (χ3n) is 7.64. The van der Waals surface area contributed by atoms with Crippen molar-refractivity contribution in [3.63, 3.8) is 0 Å². The van der Waals surface area contributed by atoms with Gasteiger partial charge in [0, 0.05) is 12.2 Å². The van der Waals surface area contributed by atoms with Crippen LogP contribution in [0.5, 0.6) is 0 Å². The Kier molecular flexibility index (Phi) is 8.60. The molecule has 3 aromatic rings. The van der Waals surface area contributed by atoms with Crippen molar-refractivity contribution in [3.8, 4) is 11.3 Å². The van der Waals surface area contributed by atoms with Crippen molar-refractivity contribution in [2.75, 3.05) is 18.5 Å². The normalized spacial score (nSPS) is 19.0. The minimum absolute atomic E-state index is 0.0415. The molecule has 220 valence electrons. The summed E-state index contributed by atoms with van der Waals surface area (Å²) in [5, 5.41) is 13.3. The number of anilines is 1. The third-order valence-corrected chi connectivity index (χ3v) is 12.6. The van der Waals surface area contributed by atoms with Gasteiger partial charge in [0.2, 0.25) is 5.95 Å². The highest BCUT2D eigenvalue weighted by Crippen LogP contribution is 2.42. The Balaban J connectivity index is 1.80. The van der Waals surface area contributed by atoms with Crippen molar-refractivity contribution in [1.29, 1.82) is 0 Å². The second-order valence-electron chi connectivity index (χ2n) is 12.2. The Morgan fingerprint density at radius 2 is 1.93 bits per heavy atom. The van der Waals surface area contributed by atoms with Crippen LogP contribution in [-0.2, 0) is 21.3 Å². The number of aromatic nitrogens is 4. The fraction of sp³-hybridized carbons (Fsp3) is 0.593. The second kappa shape index (κ2) is 11.2. The van der Waals surface area contributed by atoms with Gasteiger partial charge in [-0.3, -0.25) is 0 Å². The fourth-order valence-electron chi connectivity index (χ4n) is 4.63. The van der Waals surface area contributed by atoms with E-state index in [-0.39, 0.29) is 56.8 Å². The van der Waals surface area contributed by atoms with E-state index in [0.717, 1.165) is 0 Å². The summed E-state index contributed by atoms with van der Waals surface area (Å²) >= 11 is 6.42. The Bertz CT molecular complexity index is 1380. The van der Waals surface area contributed by atoms with Crippen LogP contribution in [0.15, 0.2) is 18.3 Å². The molecular formula is C27H37ClF3N5O3Si. The number of hydrogen-bond acceptors (Lipinski definition) is 7. The molecule has 1 saturated heterocycles. The number of aliphatic hydroxyl groups is 1. The van der Waals surface area contributed by atoms with Gasteiger partial charge in [0.15, 0.2) is 14.1 Å². The zero-order chi connectivity index (χ0) is 29.6. The maximum atomic E-state index is 15.6. The highest BCUT2D eigenvalue weighted by molar-refractivity contribution is 6.74. The minimum Gasteiger partial charge on any atom is -0.405 e. The Labute approximate surface area is 238 Å². The average Bonchev–Trinajstić information content (AvgIpc) is 3.19. The summed E-state index contributed by atoms with van der Waals surface area (Å²) in [7, 11) is -2.35. The number of halogens is 4. The summed E-state index contributed by atoms with van der Waals surface area (Å²) in [4.78, 5) is 13.2. The van der Waals surface area contributed by atoms with Gasteiger partial charge >= 0.3 is 0 Å². The van der Waals surface area contributed by atoms with Crippen molar-refractivity contribution in [1.82, 2.24) is 19.5 Å². The summed E-state index contributed by atoms with van der Waals surface area (Å²) < 4.78 is 56.5. The van der Waals surface area contributed by atoms with Gasteiger partial charge in [-0.2, -0.15) is 0 Å². The third kappa shape index (κ3) is 6.30. The van der Waals surface area contributed by atoms with Crippen LogP contribution in [0.25, 0.3) is 22.3 Å². The Morgan fingerprint density at radius 3 is 2.55 bits per heavy atom. The number of fused-ring (bicyclic) bond motifs is 1. The lowest BCUT2D eigenvalue weighted by molar-refractivity contribution is -0.0136. The Hall–Kier alpha value is -2.25. The van der Waals surface area contributed by atoms with E-state index in [0.29, 0.717) is 13.0 Å². The van der Waals surface area contributed by atoms with Crippen molar-refractivity contribution >= 4 is 36.9 Å². The summed E-state index contributed by atoms with van der Waals surface area (Å²) in [5.41, 5.74) is -0.443. The molecule has 0 amide bonds. The summed E-state index contributed by atoms with van der Waals surface area (Å²) in [5.74, 6) is -0.293. The van der Waals surface area contributed by atoms with Crippen LogP contribution in [0.1, 0.15) is 46.9 Å². The summed E-state index contributed by atoms with van der Waals surface area (Å²) in [6, 6.07) is 2.45. The van der Waals surface area contributed by atoms with Gasteiger partial charge in [0.05, 0.1) is 47.7 Å². The van der Waals surface area contributed by atoms with E-state index < -0.39 is 38.8 Å². The van der Waals surface area contributed by atoms with Crippen LogP contribution >= 0.6 is 11.6 Å². The highest BCUT2D eigenvalue weighted by Gasteiger charge is 2.44. The molecule has 0 bridgehead atoms.